The van der Waals surface area contributed by atoms with E-state index < -0.39 is 33.8 Å². The molecule has 0 saturated carbocycles. The number of hydrogen-bond acceptors (Lipinski definition) is 8. The van der Waals surface area contributed by atoms with Gasteiger partial charge in [0.1, 0.15) is 11.4 Å². The third-order valence-corrected chi connectivity index (χ3v) is 3.03. The van der Waals surface area contributed by atoms with E-state index in [0.29, 0.717) is 11.3 Å². The predicted molar refractivity (Wildman–Crippen MR) is 90.5 cm³/mol. The molecule has 0 aliphatic carbocycles. The Hall–Kier alpha value is -4.02. The average Bonchev–Trinajstić information content (AvgIpc) is 2.60. The minimum Gasteiger partial charge on any atom is -0.482 e. The quantitative estimate of drug-likeness (QED) is 0.412. The van der Waals surface area contributed by atoms with E-state index in [1.54, 1.807) is 24.3 Å². The number of ether oxygens (including phenoxy) is 1. The Morgan fingerprint density at radius 1 is 1.15 bits per heavy atom. The molecule has 0 aliphatic heterocycles. The van der Waals surface area contributed by atoms with Gasteiger partial charge in [-0.3, -0.25) is 25.7 Å². The molecule has 134 valence electrons. The van der Waals surface area contributed by atoms with Crippen LogP contribution in [0.1, 0.15) is 5.56 Å². The Bertz CT molecular complexity index is 865. The van der Waals surface area contributed by atoms with Gasteiger partial charge in [-0.25, -0.2) is 4.79 Å². The Morgan fingerprint density at radius 2 is 1.85 bits per heavy atom. The number of non-ortho nitro benzene ring substituents is 1. The molecule has 0 heterocycles. The first-order valence-corrected chi connectivity index (χ1v) is 7.03. The fourth-order valence-corrected chi connectivity index (χ4v) is 1.85. The number of benzene rings is 2. The highest BCUT2D eigenvalue weighted by Gasteiger charge is 2.19. The highest BCUT2D eigenvalue weighted by molar-refractivity contribution is 5.81. The van der Waals surface area contributed by atoms with Crippen LogP contribution in [-0.4, -0.2) is 33.7 Å². The summed E-state index contributed by atoms with van der Waals surface area (Å²) in [6, 6.07) is 9.44. The fraction of sp³-hybridized carbons (Fsp3) is 0.0667. The van der Waals surface area contributed by atoms with E-state index >= 15 is 0 Å². The van der Waals surface area contributed by atoms with Crippen LogP contribution in [0.5, 0.6) is 5.75 Å². The van der Waals surface area contributed by atoms with Crippen LogP contribution in [0.3, 0.4) is 0 Å². The van der Waals surface area contributed by atoms with Gasteiger partial charge in [-0.05, 0) is 35.9 Å². The number of aliphatic carboxylic acids is 1. The molecule has 2 rings (SSSR count). The van der Waals surface area contributed by atoms with Gasteiger partial charge in [0.25, 0.3) is 5.69 Å². The van der Waals surface area contributed by atoms with Gasteiger partial charge in [0.2, 0.25) is 0 Å². The Morgan fingerprint density at radius 3 is 2.42 bits per heavy atom. The van der Waals surface area contributed by atoms with E-state index in [4.69, 9.17) is 9.84 Å². The molecular weight excluding hydrogens is 348 g/mol. The van der Waals surface area contributed by atoms with Gasteiger partial charge in [-0.1, -0.05) is 0 Å². The summed E-state index contributed by atoms with van der Waals surface area (Å²) in [5.74, 6) is -0.729. The lowest BCUT2D eigenvalue weighted by molar-refractivity contribution is -0.393. The van der Waals surface area contributed by atoms with Gasteiger partial charge in [0.15, 0.2) is 6.61 Å². The van der Waals surface area contributed by atoms with Crippen molar-refractivity contribution in [2.24, 2.45) is 5.10 Å². The maximum atomic E-state index is 11.0. The number of carbonyl (C=O) groups is 1. The fourth-order valence-electron chi connectivity index (χ4n) is 1.85. The van der Waals surface area contributed by atoms with Crippen LogP contribution in [0, 0.1) is 20.2 Å². The van der Waals surface area contributed by atoms with Crippen molar-refractivity contribution < 1.29 is 24.5 Å². The van der Waals surface area contributed by atoms with Crippen molar-refractivity contribution in [2.45, 2.75) is 0 Å². The number of nitro groups is 2. The molecular formula is C15H12N4O7. The van der Waals surface area contributed by atoms with Crippen molar-refractivity contribution in [3.8, 4) is 5.75 Å². The lowest BCUT2D eigenvalue weighted by atomic mass is 10.2. The van der Waals surface area contributed by atoms with Crippen LogP contribution < -0.4 is 10.2 Å². The van der Waals surface area contributed by atoms with E-state index in [9.17, 15) is 25.0 Å². The summed E-state index contributed by atoms with van der Waals surface area (Å²) in [6.07, 6.45) is 1.37. The highest BCUT2D eigenvalue weighted by Crippen LogP contribution is 2.28. The molecule has 0 unspecified atom stereocenters. The molecule has 2 aromatic rings. The van der Waals surface area contributed by atoms with Gasteiger partial charge in [-0.15, -0.1) is 0 Å². The Labute approximate surface area is 145 Å². The standard InChI is InChI=1S/C15H12N4O7/c20-15(21)9-26-12-4-1-10(2-5-12)8-16-17-13-6-3-11(18(22)23)7-14(13)19(24)25/h1-8,17H,9H2,(H,20,21)/b16-8+. The zero-order valence-electron chi connectivity index (χ0n) is 13.1. The van der Waals surface area contributed by atoms with Crippen molar-refractivity contribution in [3.63, 3.8) is 0 Å². The first kappa shape index (κ1) is 18.3. The third kappa shape index (κ3) is 4.99. The molecule has 0 saturated heterocycles. The molecule has 0 atom stereocenters. The summed E-state index contributed by atoms with van der Waals surface area (Å²) in [4.78, 5) is 30.6. The summed E-state index contributed by atoms with van der Waals surface area (Å²) in [5.41, 5.74) is 2.20. The molecule has 0 radical (unpaired) electrons. The second-order valence-electron chi connectivity index (χ2n) is 4.84. The predicted octanol–water partition coefficient (Wildman–Crippen LogP) is 2.41. The number of nitrogens with zero attached hydrogens (tertiary/aromatic N) is 3. The summed E-state index contributed by atoms with van der Waals surface area (Å²) in [7, 11) is 0. The normalized spacial score (nSPS) is 10.5. The molecule has 0 aliphatic rings. The van der Waals surface area contributed by atoms with Crippen molar-refractivity contribution >= 4 is 29.2 Å². The van der Waals surface area contributed by atoms with Crippen molar-refractivity contribution in [2.75, 3.05) is 12.0 Å². The van der Waals surface area contributed by atoms with E-state index in [-0.39, 0.29) is 5.69 Å². The molecule has 26 heavy (non-hydrogen) atoms. The Kier molecular flexibility index (Phi) is 5.77. The maximum absolute atomic E-state index is 11.0. The lowest BCUT2D eigenvalue weighted by Crippen LogP contribution is -2.09. The number of carboxylic acid groups (broad SMARTS) is 1. The maximum Gasteiger partial charge on any atom is 0.341 e. The molecule has 2 aromatic carbocycles. The van der Waals surface area contributed by atoms with E-state index in [2.05, 4.69) is 10.5 Å². The molecule has 0 bridgehead atoms. The highest BCUT2D eigenvalue weighted by atomic mass is 16.6. The van der Waals surface area contributed by atoms with Crippen LogP contribution in [0.4, 0.5) is 17.1 Å². The number of hydrazone groups is 1. The summed E-state index contributed by atoms with van der Waals surface area (Å²) in [6.45, 7) is -0.460. The van der Waals surface area contributed by atoms with Gasteiger partial charge in [-0.2, -0.15) is 5.10 Å². The van der Waals surface area contributed by atoms with Crippen molar-refractivity contribution in [1.29, 1.82) is 0 Å². The monoisotopic (exact) mass is 360 g/mol. The first-order chi connectivity index (χ1) is 12.4. The van der Waals surface area contributed by atoms with Gasteiger partial charge in [0.05, 0.1) is 22.1 Å². The zero-order chi connectivity index (χ0) is 19.1. The number of rotatable bonds is 8. The molecule has 2 N–H and O–H groups in total. The molecule has 11 heteroatoms. The minimum absolute atomic E-state index is 0.00161. The van der Waals surface area contributed by atoms with E-state index in [1.807, 2.05) is 0 Å². The summed E-state index contributed by atoms with van der Waals surface area (Å²) in [5, 5.41) is 34.1. The number of nitrogens with one attached hydrogen (secondary N) is 1. The SMILES string of the molecule is O=C(O)COc1ccc(/C=N/Nc2ccc([N+](=O)[O-])cc2[N+](=O)[O-])cc1. The first-order valence-electron chi connectivity index (χ1n) is 7.03. The molecule has 0 aromatic heterocycles. The van der Waals surface area contributed by atoms with Crippen LogP contribution in [0.15, 0.2) is 47.6 Å². The van der Waals surface area contributed by atoms with E-state index in [0.717, 1.165) is 12.1 Å². The second-order valence-corrected chi connectivity index (χ2v) is 4.84. The van der Waals surface area contributed by atoms with Crippen LogP contribution in [-0.2, 0) is 4.79 Å². The lowest BCUT2D eigenvalue weighted by Gasteiger charge is -2.03. The average molecular weight is 360 g/mol. The molecule has 0 spiro atoms. The second kappa shape index (κ2) is 8.19. The van der Waals surface area contributed by atoms with Crippen molar-refractivity contribution in [1.82, 2.24) is 0 Å². The van der Waals surface area contributed by atoms with Crippen molar-refractivity contribution in [3.05, 3.63) is 68.3 Å². The van der Waals surface area contributed by atoms with Crippen LogP contribution in [0.25, 0.3) is 0 Å². The summed E-state index contributed by atoms with van der Waals surface area (Å²) < 4.78 is 4.98. The van der Waals surface area contributed by atoms with E-state index in [1.165, 1.54) is 12.3 Å². The number of nitro benzene ring substituents is 2. The number of carboxylic acids is 1. The molecule has 0 amide bonds. The number of hydrogen-bond donors (Lipinski definition) is 2. The summed E-state index contributed by atoms with van der Waals surface area (Å²) >= 11 is 0. The Balaban J connectivity index is 2.07. The van der Waals surface area contributed by atoms with Crippen LogP contribution >= 0.6 is 0 Å². The minimum atomic E-state index is -1.09. The largest absolute Gasteiger partial charge is 0.482 e. The number of anilines is 1. The van der Waals surface area contributed by atoms with Gasteiger partial charge < -0.3 is 9.84 Å². The topological polar surface area (TPSA) is 157 Å². The van der Waals surface area contributed by atoms with Crippen LogP contribution in [0.2, 0.25) is 0 Å². The molecule has 11 nitrogen and oxygen atoms in total. The third-order valence-electron chi connectivity index (χ3n) is 3.03. The van der Waals surface area contributed by atoms with Gasteiger partial charge >= 0.3 is 11.7 Å². The zero-order valence-corrected chi connectivity index (χ0v) is 13.1. The molecule has 0 fully saturated rings. The van der Waals surface area contributed by atoms with Gasteiger partial charge in [0, 0.05) is 6.07 Å². The smallest absolute Gasteiger partial charge is 0.341 e.